The van der Waals surface area contributed by atoms with Gasteiger partial charge < -0.3 is 10.4 Å². The zero-order valence-electron chi connectivity index (χ0n) is 13.6. The molecule has 1 aromatic carbocycles. The molecule has 7 heteroatoms. The van der Waals surface area contributed by atoms with Gasteiger partial charge in [-0.15, -0.1) is 0 Å². The minimum absolute atomic E-state index is 0.273. The third-order valence-electron chi connectivity index (χ3n) is 3.85. The maximum absolute atomic E-state index is 13.0. The number of aryl methyl sites for hydroxylation is 1. The van der Waals surface area contributed by atoms with E-state index in [-0.39, 0.29) is 5.82 Å². The molecule has 2 heterocycles. The van der Waals surface area contributed by atoms with Gasteiger partial charge in [0, 0.05) is 43.7 Å². The van der Waals surface area contributed by atoms with Gasteiger partial charge in [-0.25, -0.2) is 9.07 Å². The average molecular weight is 329 g/mol. The van der Waals surface area contributed by atoms with E-state index < -0.39 is 5.60 Å². The molecule has 0 bridgehead atoms. The lowest BCUT2D eigenvalue weighted by molar-refractivity contribution is 0.0566. The summed E-state index contributed by atoms with van der Waals surface area (Å²) in [7, 11) is 1.82. The van der Waals surface area contributed by atoms with Gasteiger partial charge in [-0.1, -0.05) is 0 Å². The summed E-state index contributed by atoms with van der Waals surface area (Å²) >= 11 is 0. The van der Waals surface area contributed by atoms with Crippen molar-refractivity contribution in [3.63, 3.8) is 0 Å². The molecule has 3 rings (SSSR count). The van der Waals surface area contributed by atoms with Crippen molar-refractivity contribution in [1.29, 1.82) is 0 Å². The largest absolute Gasteiger partial charge is 0.384 e. The number of benzene rings is 1. The first kappa shape index (κ1) is 16.4. The van der Waals surface area contributed by atoms with Crippen molar-refractivity contribution in [1.82, 2.24) is 24.9 Å². The van der Waals surface area contributed by atoms with Gasteiger partial charge in [0.15, 0.2) is 0 Å². The lowest BCUT2D eigenvalue weighted by Gasteiger charge is -2.22. The normalized spacial score (nSPS) is 13.8. The average Bonchev–Trinajstić information content (AvgIpc) is 3.17. The molecule has 0 radical (unpaired) electrons. The van der Waals surface area contributed by atoms with Gasteiger partial charge in [-0.2, -0.15) is 10.2 Å². The molecular formula is C17H20FN5O. The Hall–Kier alpha value is -2.51. The van der Waals surface area contributed by atoms with Crippen LogP contribution in [0.2, 0.25) is 0 Å². The molecule has 1 atom stereocenters. The summed E-state index contributed by atoms with van der Waals surface area (Å²) in [5.41, 5.74) is 1.53. The highest BCUT2D eigenvalue weighted by Crippen LogP contribution is 2.18. The van der Waals surface area contributed by atoms with Gasteiger partial charge in [0.2, 0.25) is 0 Å². The van der Waals surface area contributed by atoms with E-state index in [4.69, 9.17) is 0 Å². The maximum Gasteiger partial charge on any atom is 0.123 e. The predicted octanol–water partition coefficient (Wildman–Crippen LogP) is 1.74. The van der Waals surface area contributed by atoms with Crippen molar-refractivity contribution >= 4 is 0 Å². The van der Waals surface area contributed by atoms with Crippen molar-refractivity contribution in [2.24, 2.45) is 7.05 Å². The van der Waals surface area contributed by atoms with Crippen LogP contribution in [0.25, 0.3) is 5.69 Å². The zero-order valence-corrected chi connectivity index (χ0v) is 13.6. The molecule has 0 aliphatic heterocycles. The van der Waals surface area contributed by atoms with Crippen molar-refractivity contribution in [2.75, 3.05) is 6.54 Å². The number of nitrogens with one attached hydrogen (secondary N) is 1. The van der Waals surface area contributed by atoms with Crippen LogP contribution < -0.4 is 5.32 Å². The summed E-state index contributed by atoms with van der Waals surface area (Å²) in [5.74, 6) is -0.273. The Labute approximate surface area is 139 Å². The third-order valence-corrected chi connectivity index (χ3v) is 3.85. The second-order valence-corrected chi connectivity index (χ2v) is 6.05. The van der Waals surface area contributed by atoms with E-state index in [9.17, 15) is 9.50 Å². The van der Waals surface area contributed by atoms with Crippen molar-refractivity contribution < 1.29 is 9.50 Å². The fourth-order valence-corrected chi connectivity index (χ4v) is 2.44. The van der Waals surface area contributed by atoms with E-state index in [2.05, 4.69) is 15.5 Å². The van der Waals surface area contributed by atoms with Crippen LogP contribution in [0, 0.1) is 5.82 Å². The van der Waals surface area contributed by atoms with Crippen molar-refractivity contribution in [3.05, 3.63) is 66.0 Å². The van der Waals surface area contributed by atoms with Gasteiger partial charge >= 0.3 is 0 Å². The number of aliphatic hydroxyl groups is 1. The van der Waals surface area contributed by atoms with Crippen LogP contribution in [0.3, 0.4) is 0 Å². The Kier molecular flexibility index (Phi) is 4.46. The Bertz CT molecular complexity index is 807. The van der Waals surface area contributed by atoms with Crippen molar-refractivity contribution in [2.45, 2.75) is 19.1 Å². The van der Waals surface area contributed by atoms with Crippen LogP contribution in [-0.2, 0) is 19.2 Å². The molecule has 6 nitrogen and oxygen atoms in total. The number of hydrogen-bond donors (Lipinski definition) is 2. The van der Waals surface area contributed by atoms with Gasteiger partial charge in [-0.05, 0) is 31.2 Å². The summed E-state index contributed by atoms with van der Waals surface area (Å²) in [4.78, 5) is 0. The summed E-state index contributed by atoms with van der Waals surface area (Å²) in [6.07, 6.45) is 7.08. The van der Waals surface area contributed by atoms with Crippen LogP contribution in [0.15, 0.2) is 49.1 Å². The van der Waals surface area contributed by atoms with Crippen molar-refractivity contribution in [3.8, 4) is 5.69 Å². The second kappa shape index (κ2) is 6.54. The molecule has 1 unspecified atom stereocenters. The van der Waals surface area contributed by atoms with E-state index in [0.717, 1.165) is 16.8 Å². The van der Waals surface area contributed by atoms with Crippen LogP contribution in [0.4, 0.5) is 4.39 Å². The second-order valence-electron chi connectivity index (χ2n) is 6.05. The summed E-state index contributed by atoms with van der Waals surface area (Å²) < 4.78 is 16.3. The van der Waals surface area contributed by atoms with Crippen LogP contribution in [0.1, 0.15) is 18.1 Å². The minimum Gasteiger partial charge on any atom is -0.384 e. The van der Waals surface area contributed by atoms with Gasteiger partial charge in [-0.3, -0.25) is 4.68 Å². The number of nitrogens with zero attached hydrogens (tertiary/aromatic N) is 4. The standard InChI is InChI=1S/C17H20FN5O/c1-17(24,14-9-20-22(2)11-14)12-19-7-13-8-21-23(10-13)16-5-3-15(18)4-6-16/h3-6,8-11,19,24H,7,12H2,1-2H3. The number of halogens is 1. The zero-order chi connectivity index (χ0) is 17.2. The van der Waals surface area contributed by atoms with E-state index in [1.807, 2.05) is 13.2 Å². The summed E-state index contributed by atoms with van der Waals surface area (Å²) in [5, 5.41) is 22.1. The smallest absolute Gasteiger partial charge is 0.123 e. The quantitative estimate of drug-likeness (QED) is 0.723. The van der Waals surface area contributed by atoms with Gasteiger partial charge in [0.1, 0.15) is 11.4 Å². The molecule has 0 amide bonds. The minimum atomic E-state index is -0.999. The topological polar surface area (TPSA) is 67.9 Å². The molecule has 126 valence electrons. The molecule has 3 aromatic rings. The Morgan fingerprint density at radius 1 is 1.17 bits per heavy atom. The predicted molar refractivity (Wildman–Crippen MR) is 88.0 cm³/mol. The van der Waals surface area contributed by atoms with E-state index in [1.54, 1.807) is 47.0 Å². The molecule has 0 saturated carbocycles. The first-order valence-corrected chi connectivity index (χ1v) is 7.66. The molecule has 0 saturated heterocycles. The number of rotatable bonds is 6. The maximum atomic E-state index is 13.0. The number of aromatic nitrogens is 4. The first-order valence-electron chi connectivity index (χ1n) is 7.66. The molecule has 24 heavy (non-hydrogen) atoms. The highest BCUT2D eigenvalue weighted by molar-refractivity contribution is 5.31. The highest BCUT2D eigenvalue weighted by atomic mass is 19.1. The Balaban J connectivity index is 1.58. The van der Waals surface area contributed by atoms with Gasteiger partial charge in [0.25, 0.3) is 0 Å². The molecule has 0 aliphatic rings. The fourth-order valence-electron chi connectivity index (χ4n) is 2.44. The summed E-state index contributed by atoms with van der Waals surface area (Å²) in [6, 6.07) is 6.15. The fraction of sp³-hybridized carbons (Fsp3) is 0.294. The molecule has 0 spiro atoms. The monoisotopic (exact) mass is 329 g/mol. The highest BCUT2D eigenvalue weighted by Gasteiger charge is 2.24. The Morgan fingerprint density at radius 2 is 1.92 bits per heavy atom. The molecule has 2 aromatic heterocycles. The lowest BCUT2D eigenvalue weighted by Crippen LogP contribution is -2.34. The molecule has 0 fully saturated rings. The lowest BCUT2D eigenvalue weighted by atomic mass is 10.00. The van der Waals surface area contributed by atoms with Gasteiger partial charge in [0.05, 0.1) is 18.1 Å². The number of hydrogen-bond acceptors (Lipinski definition) is 4. The van der Waals surface area contributed by atoms with E-state index in [1.165, 1.54) is 12.1 Å². The SMILES string of the molecule is Cn1cc(C(C)(O)CNCc2cnn(-c3ccc(F)cc3)c2)cn1. The van der Waals surface area contributed by atoms with E-state index in [0.29, 0.717) is 13.1 Å². The van der Waals surface area contributed by atoms with Crippen LogP contribution in [0.5, 0.6) is 0 Å². The van der Waals surface area contributed by atoms with E-state index >= 15 is 0 Å². The molecule has 2 N–H and O–H groups in total. The third kappa shape index (κ3) is 3.69. The molecular weight excluding hydrogens is 309 g/mol. The first-order chi connectivity index (χ1) is 11.4. The molecule has 0 aliphatic carbocycles. The van der Waals surface area contributed by atoms with Crippen LogP contribution >= 0.6 is 0 Å². The summed E-state index contributed by atoms with van der Waals surface area (Å²) in [6.45, 7) is 2.71. The Morgan fingerprint density at radius 3 is 2.58 bits per heavy atom. The van der Waals surface area contributed by atoms with Crippen LogP contribution in [-0.4, -0.2) is 31.2 Å².